The number of ether oxygens (including phenoxy) is 1. The highest BCUT2D eigenvalue weighted by atomic mass is 16.5. The molecule has 6 nitrogen and oxygen atoms in total. The van der Waals surface area contributed by atoms with Gasteiger partial charge in [0.15, 0.2) is 6.61 Å². The Bertz CT molecular complexity index is 957. The Morgan fingerprint density at radius 1 is 1.19 bits per heavy atom. The molecule has 0 saturated carbocycles. The van der Waals surface area contributed by atoms with Crippen molar-refractivity contribution in [2.75, 3.05) is 24.6 Å². The van der Waals surface area contributed by atoms with Gasteiger partial charge in [0.25, 0.3) is 0 Å². The van der Waals surface area contributed by atoms with Crippen molar-refractivity contribution in [2.24, 2.45) is 5.73 Å². The molecule has 27 heavy (non-hydrogen) atoms. The number of nitrogens with zero attached hydrogens (tertiary/aromatic N) is 4. The zero-order chi connectivity index (χ0) is 18.6. The van der Waals surface area contributed by atoms with E-state index < -0.39 is 0 Å². The molecule has 0 spiro atoms. The highest BCUT2D eigenvalue weighted by molar-refractivity contribution is 5.79. The summed E-state index contributed by atoms with van der Waals surface area (Å²) in [6.45, 7) is 2.60. The average Bonchev–Trinajstić information content (AvgIpc) is 3.06. The highest BCUT2D eigenvalue weighted by Crippen LogP contribution is 2.26. The molecule has 4 rings (SSSR count). The lowest BCUT2D eigenvalue weighted by atomic mass is 10.1. The van der Waals surface area contributed by atoms with E-state index in [0.29, 0.717) is 5.75 Å². The predicted octanol–water partition coefficient (Wildman–Crippen LogP) is 2.91. The lowest BCUT2D eigenvalue weighted by Gasteiger charge is -2.32. The summed E-state index contributed by atoms with van der Waals surface area (Å²) >= 11 is 0. The molecule has 0 aliphatic carbocycles. The van der Waals surface area contributed by atoms with Gasteiger partial charge in [0, 0.05) is 19.1 Å². The van der Waals surface area contributed by atoms with Gasteiger partial charge in [0.2, 0.25) is 5.95 Å². The molecule has 0 amide bonds. The second-order valence-corrected chi connectivity index (χ2v) is 6.93. The number of nitrogens with two attached hydrogens (primary N) is 1. The molecule has 2 N–H and O–H groups in total. The number of nitriles is 1. The number of anilines is 1. The fraction of sp³-hybridized carbons (Fsp3) is 0.333. The van der Waals surface area contributed by atoms with Crippen LogP contribution in [0.1, 0.15) is 18.4 Å². The van der Waals surface area contributed by atoms with Crippen molar-refractivity contribution in [2.45, 2.75) is 25.4 Å². The summed E-state index contributed by atoms with van der Waals surface area (Å²) in [5.41, 5.74) is 9.48. The van der Waals surface area contributed by atoms with Gasteiger partial charge in [-0.15, -0.1) is 0 Å². The second-order valence-electron chi connectivity index (χ2n) is 6.93. The molecule has 0 radical (unpaired) electrons. The van der Waals surface area contributed by atoms with E-state index in [2.05, 4.69) is 21.6 Å². The minimum Gasteiger partial charge on any atom is -0.479 e. The Balaban J connectivity index is 1.65. The molecule has 3 aromatic rings. The molecule has 6 heteroatoms. The molecule has 2 heterocycles. The third kappa shape index (κ3) is 3.74. The molecule has 2 aromatic carbocycles. The molecule has 0 unspecified atom stereocenters. The minimum atomic E-state index is 0.0604. The minimum absolute atomic E-state index is 0.0604. The summed E-state index contributed by atoms with van der Waals surface area (Å²) in [4.78, 5) is 7.20. The van der Waals surface area contributed by atoms with Crippen LogP contribution in [0.25, 0.3) is 11.0 Å². The van der Waals surface area contributed by atoms with Gasteiger partial charge in [-0.25, -0.2) is 4.98 Å². The smallest absolute Gasteiger partial charge is 0.206 e. The van der Waals surface area contributed by atoms with Crippen molar-refractivity contribution in [1.82, 2.24) is 9.55 Å². The van der Waals surface area contributed by atoms with Crippen molar-refractivity contribution in [3.63, 3.8) is 0 Å². The number of fused-ring (bicyclic) bond motifs is 1. The number of benzene rings is 2. The van der Waals surface area contributed by atoms with E-state index in [0.717, 1.165) is 55.0 Å². The predicted molar refractivity (Wildman–Crippen MR) is 106 cm³/mol. The van der Waals surface area contributed by atoms with Gasteiger partial charge >= 0.3 is 0 Å². The second kappa shape index (κ2) is 7.68. The summed E-state index contributed by atoms with van der Waals surface area (Å²) in [6, 6.07) is 18.3. The fourth-order valence-electron chi connectivity index (χ4n) is 3.64. The SMILES string of the molecule is N#CCOc1ccc(Cn2c(N3CCC[C@@H](N)C3)nc3ccccc32)cc1. The normalized spacial score (nSPS) is 17.0. The van der Waals surface area contributed by atoms with Crippen molar-refractivity contribution >= 4 is 17.0 Å². The zero-order valence-corrected chi connectivity index (χ0v) is 15.2. The summed E-state index contributed by atoms with van der Waals surface area (Å²) in [7, 11) is 0. The van der Waals surface area contributed by atoms with Crippen molar-refractivity contribution in [3.8, 4) is 11.8 Å². The van der Waals surface area contributed by atoms with Crippen molar-refractivity contribution < 1.29 is 4.74 Å². The van der Waals surface area contributed by atoms with Crippen LogP contribution in [0.5, 0.6) is 5.75 Å². The molecule has 1 atom stereocenters. The first-order valence-corrected chi connectivity index (χ1v) is 9.29. The number of piperidine rings is 1. The van der Waals surface area contributed by atoms with E-state index in [1.165, 1.54) is 0 Å². The fourth-order valence-corrected chi connectivity index (χ4v) is 3.64. The summed E-state index contributed by atoms with van der Waals surface area (Å²) in [6.07, 6.45) is 2.16. The van der Waals surface area contributed by atoms with E-state index in [9.17, 15) is 0 Å². The quantitative estimate of drug-likeness (QED) is 0.756. The monoisotopic (exact) mass is 361 g/mol. The first kappa shape index (κ1) is 17.4. The van der Waals surface area contributed by atoms with E-state index in [4.69, 9.17) is 20.7 Å². The molecule has 1 saturated heterocycles. The van der Waals surface area contributed by atoms with Crippen LogP contribution in [0, 0.1) is 11.3 Å². The molecule has 138 valence electrons. The highest BCUT2D eigenvalue weighted by Gasteiger charge is 2.22. The van der Waals surface area contributed by atoms with Crippen LogP contribution >= 0.6 is 0 Å². The number of hydrogen-bond acceptors (Lipinski definition) is 5. The zero-order valence-electron chi connectivity index (χ0n) is 15.2. The third-order valence-corrected chi connectivity index (χ3v) is 4.94. The van der Waals surface area contributed by atoms with Crippen LogP contribution < -0.4 is 15.4 Å². The lowest BCUT2D eigenvalue weighted by molar-refractivity contribution is 0.368. The Labute approximate surface area is 158 Å². The molecule has 1 aliphatic heterocycles. The average molecular weight is 361 g/mol. The van der Waals surface area contributed by atoms with Crippen LogP contribution in [-0.4, -0.2) is 35.3 Å². The van der Waals surface area contributed by atoms with E-state index in [-0.39, 0.29) is 12.6 Å². The molecule has 1 aromatic heterocycles. The molecule has 1 aliphatic rings. The first-order valence-electron chi connectivity index (χ1n) is 9.29. The topological polar surface area (TPSA) is 80.1 Å². The summed E-state index contributed by atoms with van der Waals surface area (Å²) in [5, 5.41) is 8.63. The van der Waals surface area contributed by atoms with Crippen LogP contribution in [0.4, 0.5) is 5.95 Å². The number of imidazole rings is 1. The maximum atomic E-state index is 8.63. The molecule has 0 bridgehead atoms. The van der Waals surface area contributed by atoms with E-state index in [1.807, 2.05) is 42.5 Å². The van der Waals surface area contributed by atoms with Gasteiger partial charge < -0.3 is 19.9 Å². The molecule has 1 fully saturated rings. The van der Waals surface area contributed by atoms with Crippen LogP contribution in [-0.2, 0) is 6.54 Å². The van der Waals surface area contributed by atoms with Crippen LogP contribution in [0.15, 0.2) is 48.5 Å². The van der Waals surface area contributed by atoms with E-state index >= 15 is 0 Å². The third-order valence-electron chi connectivity index (χ3n) is 4.94. The largest absolute Gasteiger partial charge is 0.479 e. The number of aromatic nitrogens is 2. The Morgan fingerprint density at radius 2 is 2.00 bits per heavy atom. The van der Waals surface area contributed by atoms with Crippen LogP contribution in [0.2, 0.25) is 0 Å². The molecular formula is C21H23N5O. The van der Waals surface area contributed by atoms with Gasteiger partial charge in [-0.3, -0.25) is 0 Å². The standard InChI is InChI=1S/C21H23N5O/c22-11-13-27-18-9-7-16(8-10-18)14-26-20-6-2-1-5-19(20)24-21(26)25-12-3-4-17(23)15-25/h1-2,5-10,17H,3-4,12-15,23H2/t17-/m1/s1. The van der Waals surface area contributed by atoms with Crippen molar-refractivity contribution in [1.29, 1.82) is 5.26 Å². The van der Waals surface area contributed by atoms with Crippen molar-refractivity contribution in [3.05, 3.63) is 54.1 Å². The first-order chi connectivity index (χ1) is 13.2. The Morgan fingerprint density at radius 3 is 2.78 bits per heavy atom. The number of hydrogen-bond donors (Lipinski definition) is 1. The summed E-state index contributed by atoms with van der Waals surface area (Å²) < 4.78 is 7.61. The van der Waals surface area contributed by atoms with Gasteiger partial charge in [-0.2, -0.15) is 5.26 Å². The Hall–Kier alpha value is -3.04. The van der Waals surface area contributed by atoms with Gasteiger partial charge in [0.05, 0.1) is 17.6 Å². The van der Waals surface area contributed by atoms with Gasteiger partial charge in [-0.05, 0) is 42.7 Å². The van der Waals surface area contributed by atoms with Gasteiger partial charge in [0.1, 0.15) is 11.8 Å². The maximum Gasteiger partial charge on any atom is 0.206 e. The maximum absolute atomic E-state index is 8.63. The summed E-state index contributed by atoms with van der Waals surface area (Å²) in [5.74, 6) is 1.69. The lowest BCUT2D eigenvalue weighted by Crippen LogP contribution is -2.44. The number of rotatable bonds is 5. The van der Waals surface area contributed by atoms with E-state index in [1.54, 1.807) is 0 Å². The number of para-hydroxylation sites is 2. The van der Waals surface area contributed by atoms with Crippen LogP contribution in [0.3, 0.4) is 0 Å². The van der Waals surface area contributed by atoms with Gasteiger partial charge in [-0.1, -0.05) is 24.3 Å². The Kier molecular flexibility index (Phi) is 4.95. The molecular weight excluding hydrogens is 338 g/mol.